The minimum atomic E-state index is -3.64. The van der Waals surface area contributed by atoms with Crippen molar-refractivity contribution in [1.82, 2.24) is 4.72 Å². The smallest absolute Gasteiger partial charge is 0.299 e. The van der Waals surface area contributed by atoms with Crippen molar-refractivity contribution >= 4 is 27.5 Å². The molecule has 8 heteroatoms. The lowest BCUT2D eigenvalue weighted by atomic mass is 10.2. The zero-order valence-electron chi connectivity index (χ0n) is 10.4. The van der Waals surface area contributed by atoms with E-state index in [9.17, 15) is 13.2 Å². The predicted molar refractivity (Wildman–Crippen MR) is 71.4 cm³/mol. The summed E-state index contributed by atoms with van der Waals surface area (Å²) in [5, 5.41) is 2.61. The van der Waals surface area contributed by atoms with Gasteiger partial charge in [0, 0.05) is 6.54 Å². The van der Waals surface area contributed by atoms with Gasteiger partial charge in [0.25, 0.3) is 16.1 Å². The lowest BCUT2D eigenvalue weighted by Crippen LogP contribution is -2.31. The van der Waals surface area contributed by atoms with Crippen LogP contribution in [0.2, 0.25) is 0 Å². The summed E-state index contributed by atoms with van der Waals surface area (Å²) in [4.78, 5) is 11.2. The van der Waals surface area contributed by atoms with Crippen LogP contribution in [-0.2, 0) is 15.0 Å². The first-order chi connectivity index (χ1) is 9.02. The van der Waals surface area contributed by atoms with Gasteiger partial charge in [-0.25, -0.2) is 0 Å². The summed E-state index contributed by atoms with van der Waals surface area (Å²) in [6, 6.07) is 4.84. The summed E-state index contributed by atoms with van der Waals surface area (Å²) in [7, 11) is -3.64. The van der Waals surface area contributed by atoms with Crippen LogP contribution in [0.4, 0.5) is 11.4 Å². The molecule has 1 amide bonds. The number of amides is 1. The fourth-order valence-corrected chi connectivity index (χ4v) is 2.61. The van der Waals surface area contributed by atoms with Crippen LogP contribution >= 0.6 is 0 Å². The zero-order chi connectivity index (χ0) is 13.9. The molecule has 1 aliphatic rings. The summed E-state index contributed by atoms with van der Waals surface area (Å²) >= 11 is 0. The van der Waals surface area contributed by atoms with E-state index in [0.717, 1.165) is 0 Å². The van der Waals surface area contributed by atoms with Gasteiger partial charge in [0.15, 0.2) is 12.4 Å². The fourth-order valence-electron chi connectivity index (χ4n) is 1.61. The van der Waals surface area contributed by atoms with E-state index in [0.29, 0.717) is 30.1 Å². The van der Waals surface area contributed by atoms with E-state index in [1.54, 1.807) is 18.2 Å². The molecule has 2 rings (SSSR count). The van der Waals surface area contributed by atoms with Crippen LogP contribution in [0.25, 0.3) is 0 Å². The first kappa shape index (κ1) is 13.6. The van der Waals surface area contributed by atoms with E-state index in [1.165, 1.54) is 0 Å². The van der Waals surface area contributed by atoms with Gasteiger partial charge in [-0.15, -0.1) is 0 Å². The van der Waals surface area contributed by atoms with Crippen molar-refractivity contribution in [3.05, 3.63) is 18.2 Å². The third kappa shape index (κ3) is 3.36. The van der Waals surface area contributed by atoms with Gasteiger partial charge in [-0.3, -0.25) is 9.52 Å². The van der Waals surface area contributed by atoms with Crippen molar-refractivity contribution in [3.63, 3.8) is 0 Å². The molecular formula is C11H15N3O4S. The van der Waals surface area contributed by atoms with Crippen molar-refractivity contribution in [2.24, 2.45) is 0 Å². The Morgan fingerprint density at radius 2 is 2.21 bits per heavy atom. The number of ether oxygens (including phenoxy) is 1. The van der Waals surface area contributed by atoms with Crippen molar-refractivity contribution in [2.75, 3.05) is 23.2 Å². The molecular weight excluding hydrogens is 270 g/mol. The second kappa shape index (κ2) is 5.45. The molecule has 1 aliphatic heterocycles. The molecule has 0 bridgehead atoms. The second-order valence-electron chi connectivity index (χ2n) is 4.02. The van der Waals surface area contributed by atoms with Crippen molar-refractivity contribution in [1.29, 1.82) is 0 Å². The molecule has 0 atom stereocenters. The molecule has 0 spiro atoms. The summed E-state index contributed by atoms with van der Waals surface area (Å²) < 4.78 is 33.5. The molecule has 1 heterocycles. The van der Waals surface area contributed by atoms with E-state index in [1.807, 2.05) is 6.92 Å². The number of anilines is 2. The van der Waals surface area contributed by atoms with Crippen LogP contribution in [0.5, 0.6) is 5.75 Å². The Labute approximate surface area is 111 Å². The Kier molecular flexibility index (Phi) is 3.91. The maximum absolute atomic E-state index is 11.7. The third-order valence-corrected chi connectivity index (χ3v) is 3.50. The van der Waals surface area contributed by atoms with Gasteiger partial charge in [0.1, 0.15) is 0 Å². The van der Waals surface area contributed by atoms with Crippen LogP contribution in [0.1, 0.15) is 13.3 Å². The molecule has 0 radical (unpaired) electrons. The third-order valence-electron chi connectivity index (χ3n) is 2.42. The van der Waals surface area contributed by atoms with E-state index in [-0.39, 0.29) is 12.5 Å². The molecule has 104 valence electrons. The maximum atomic E-state index is 11.7. The average molecular weight is 285 g/mol. The van der Waals surface area contributed by atoms with Gasteiger partial charge in [-0.2, -0.15) is 13.1 Å². The highest BCUT2D eigenvalue weighted by molar-refractivity contribution is 7.90. The van der Waals surface area contributed by atoms with Gasteiger partial charge in [-0.05, 0) is 18.6 Å². The van der Waals surface area contributed by atoms with Crippen LogP contribution in [0.3, 0.4) is 0 Å². The van der Waals surface area contributed by atoms with Gasteiger partial charge >= 0.3 is 0 Å². The molecule has 1 aromatic carbocycles. The highest BCUT2D eigenvalue weighted by Crippen LogP contribution is 2.35. The minimum absolute atomic E-state index is 0.131. The van der Waals surface area contributed by atoms with Crippen LogP contribution < -0.4 is 19.5 Å². The number of fused-ring (bicyclic) bond motifs is 1. The van der Waals surface area contributed by atoms with E-state index in [4.69, 9.17) is 4.74 Å². The molecule has 1 aromatic rings. The first-order valence-electron chi connectivity index (χ1n) is 5.85. The number of carbonyl (C=O) groups is 1. The number of carbonyl (C=O) groups excluding carboxylic acids is 1. The maximum Gasteiger partial charge on any atom is 0.299 e. The topological polar surface area (TPSA) is 96.5 Å². The number of rotatable bonds is 5. The molecule has 0 saturated heterocycles. The minimum Gasteiger partial charge on any atom is -0.479 e. The monoisotopic (exact) mass is 285 g/mol. The Morgan fingerprint density at radius 1 is 1.42 bits per heavy atom. The predicted octanol–water partition coefficient (Wildman–Crippen LogP) is 0.674. The van der Waals surface area contributed by atoms with E-state index >= 15 is 0 Å². The highest BCUT2D eigenvalue weighted by Gasteiger charge is 2.21. The Hall–Kier alpha value is -1.80. The summed E-state index contributed by atoms with van der Waals surface area (Å²) in [6.45, 7) is 2.08. The quantitative estimate of drug-likeness (QED) is 0.741. The van der Waals surface area contributed by atoms with Gasteiger partial charge in [0.2, 0.25) is 0 Å². The normalized spacial score (nSPS) is 14.3. The molecule has 0 unspecified atom stereocenters. The van der Waals surface area contributed by atoms with Gasteiger partial charge in [-0.1, -0.05) is 13.0 Å². The number of nitrogens with one attached hydrogen (secondary N) is 3. The Morgan fingerprint density at radius 3 is 2.95 bits per heavy atom. The van der Waals surface area contributed by atoms with Crippen molar-refractivity contribution in [2.45, 2.75) is 13.3 Å². The molecule has 0 saturated carbocycles. The summed E-state index contributed by atoms with van der Waals surface area (Å²) in [5.41, 5.74) is 0.744. The van der Waals surface area contributed by atoms with Gasteiger partial charge < -0.3 is 10.1 Å². The lowest BCUT2D eigenvalue weighted by Gasteiger charge is -2.21. The van der Waals surface area contributed by atoms with E-state index in [2.05, 4.69) is 14.8 Å². The Balaban J connectivity index is 2.22. The molecule has 3 N–H and O–H groups in total. The number of benzene rings is 1. The summed E-state index contributed by atoms with van der Waals surface area (Å²) in [6.07, 6.45) is 0.695. The lowest BCUT2D eigenvalue weighted by molar-refractivity contribution is -0.118. The van der Waals surface area contributed by atoms with Crippen LogP contribution in [-0.4, -0.2) is 27.5 Å². The van der Waals surface area contributed by atoms with E-state index < -0.39 is 10.2 Å². The van der Waals surface area contributed by atoms with Crippen LogP contribution in [0.15, 0.2) is 18.2 Å². The standard InChI is InChI=1S/C11H15N3O4S/c1-2-6-12-19(16,17)14-9-5-3-4-8-11(9)18-7-10(15)13-8/h3-5,12,14H,2,6-7H2,1H3,(H,13,15). The molecule has 19 heavy (non-hydrogen) atoms. The molecule has 0 aliphatic carbocycles. The first-order valence-corrected chi connectivity index (χ1v) is 7.33. The second-order valence-corrected chi connectivity index (χ2v) is 5.52. The van der Waals surface area contributed by atoms with Crippen LogP contribution in [0, 0.1) is 0 Å². The highest BCUT2D eigenvalue weighted by atomic mass is 32.2. The SMILES string of the molecule is CCCNS(=O)(=O)Nc1cccc2c1OCC(=O)N2. The Bertz CT molecular complexity index is 586. The fraction of sp³-hybridized carbons (Fsp3) is 0.364. The number of hydrogen-bond donors (Lipinski definition) is 3. The summed E-state index contributed by atoms with van der Waals surface area (Å²) in [5.74, 6) is 0.0561. The average Bonchev–Trinajstić information content (AvgIpc) is 2.36. The number of hydrogen-bond acceptors (Lipinski definition) is 4. The van der Waals surface area contributed by atoms with Gasteiger partial charge in [0.05, 0.1) is 11.4 Å². The molecule has 7 nitrogen and oxygen atoms in total. The largest absolute Gasteiger partial charge is 0.479 e. The number of para-hydroxylation sites is 1. The molecule has 0 aromatic heterocycles. The van der Waals surface area contributed by atoms with Crippen molar-refractivity contribution in [3.8, 4) is 5.75 Å². The zero-order valence-corrected chi connectivity index (χ0v) is 11.2. The van der Waals surface area contributed by atoms with Crippen molar-refractivity contribution < 1.29 is 17.9 Å². The molecule has 0 fully saturated rings.